The Morgan fingerprint density at radius 1 is 1.13 bits per heavy atom. The highest BCUT2D eigenvalue weighted by molar-refractivity contribution is 6.20. The van der Waals surface area contributed by atoms with Gasteiger partial charge in [0, 0.05) is 5.38 Å². The molecule has 0 nitrogen and oxygen atoms in total. The van der Waals surface area contributed by atoms with Crippen molar-refractivity contribution in [3.8, 4) is 0 Å². The van der Waals surface area contributed by atoms with Crippen molar-refractivity contribution in [3.63, 3.8) is 0 Å². The topological polar surface area (TPSA) is 0 Å². The van der Waals surface area contributed by atoms with Crippen molar-refractivity contribution < 1.29 is 4.39 Å². The van der Waals surface area contributed by atoms with Gasteiger partial charge in [0.25, 0.3) is 0 Å². The molecule has 0 aliphatic heterocycles. The van der Waals surface area contributed by atoms with Gasteiger partial charge in [-0.2, -0.15) is 0 Å². The molecule has 0 radical (unpaired) electrons. The van der Waals surface area contributed by atoms with Crippen LogP contribution >= 0.6 is 11.6 Å². The highest BCUT2D eigenvalue weighted by Gasteiger charge is 2.15. The first-order valence-corrected chi connectivity index (χ1v) is 5.99. The van der Waals surface area contributed by atoms with Crippen LogP contribution in [0.15, 0.2) is 24.3 Å². The molecule has 0 aromatic heterocycles. The minimum Gasteiger partial charge on any atom is -0.207 e. The van der Waals surface area contributed by atoms with Crippen molar-refractivity contribution in [2.75, 3.05) is 0 Å². The lowest BCUT2D eigenvalue weighted by Gasteiger charge is -2.19. The Balaban J connectivity index is 2.57. The Morgan fingerprint density at radius 3 is 2.13 bits per heavy atom. The molecule has 0 amide bonds. The van der Waals surface area contributed by atoms with Crippen LogP contribution in [0.3, 0.4) is 0 Å². The summed E-state index contributed by atoms with van der Waals surface area (Å²) in [7, 11) is 0. The minimum absolute atomic E-state index is 0.158. The first-order chi connectivity index (χ1) is 7.17. The molecule has 2 heteroatoms. The van der Waals surface area contributed by atoms with Crippen LogP contribution in [0.4, 0.5) is 4.39 Å². The van der Waals surface area contributed by atoms with Gasteiger partial charge < -0.3 is 0 Å². The van der Waals surface area contributed by atoms with Gasteiger partial charge in [0.1, 0.15) is 5.82 Å². The second kappa shape index (κ2) is 6.12. The molecule has 1 unspecified atom stereocenters. The molecule has 84 valence electrons. The predicted molar refractivity (Wildman–Crippen MR) is 63.8 cm³/mol. The average Bonchev–Trinajstić information content (AvgIpc) is 2.23. The van der Waals surface area contributed by atoms with Crippen molar-refractivity contribution in [2.24, 2.45) is 5.92 Å². The van der Waals surface area contributed by atoms with E-state index in [9.17, 15) is 4.39 Å². The number of hydrogen-bond donors (Lipinski definition) is 0. The van der Waals surface area contributed by atoms with E-state index in [1.807, 2.05) is 12.1 Å². The van der Waals surface area contributed by atoms with Crippen LogP contribution in [0.1, 0.15) is 32.3 Å². The predicted octanol–water partition coefficient (Wildman–Crippen LogP) is 4.41. The quantitative estimate of drug-likeness (QED) is 0.655. The van der Waals surface area contributed by atoms with Gasteiger partial charge >= 0.3 is 0 Å². The summed E-state index contributed by atoms with van der Waals surface area (Å²) >= 11 is 6.33. The second-order valence-electron chi connectivity index (χ2n) is 3.92. The Kier molecular flexibility index (Phi) is 5.10. The molecule has 1 aromatic carbocycles. The van der Waals surface area contributed by atoms with E-state index < -0.39 is 0 Å². The van der Waals surface area contributed by atoms with Crippen molar-refractivity contribution in [3.05, 3.63) is 35.6 Å². The van der Waals surface area contributed by atoms with Gasteiger partial charge in [0.2, 0.25) is 0 Å². The van der Waals surface area contributed by atoms with Crippen molar-refractivity contribution in [1.82, 2.24) is 0 Å². The van der Waals surface area contributed by atoms with E-state index >= 15 is 0 Å². The standard InChI is InChI=1S/C13H18ClF/c1-3-11(4-2)13(14)9-10-5-7-12(15)8-6-10/h5-8,11,13H,3-4,9H2,1-2H3. The zero-order valence-corrected chi connectivity index (χ0v) is 10.1. The molecule has 1 rings (SSSR count). The molecule has 0 aliphatic carbocycles. The summed E-state index contributed by atoms with van der Waals surface area (Å²) in [6.45, 7) is 4.32. The van der Waals surface area contributed by atoms with Gasteiger partial charge in [-0.25, -0.2) is 4.39 Å². The minimum atomic E-state index is -0.188. The summed E-state index contributed by atoms with van der Waals surface area (Å²) in [6.07, 6.45) is 3.03. The van der Waals surface area contributed by atoms with Gasteiger partial charge in [0.15, 0.2) is 0 Å². The monoisotopic (exact) mass is 228 g/mol. The van der Waals surface area contributed by atoms with E-state index in [-0.39, 0.29) is 11.2 Å². The summed E-state index contributed by atoms with van der Waals surface area (Å²) < 4.78 is 12.7. The maximum absolute atomic E-state index is 12.7. The third-order valence-electron chi connectivity index (χ3n) is 2.90. The molecule has 0 bridgehead atoms. The average molecular weight is 229 g/mol. The number of hydrogen-bond acceptors (Lipinski definition) is 0. The molecular weight excluding hydrogens is 211 g/mol. The number of halogens is 2. The Bertz CT molecular complexity index is 277. The molecule has 0 heterocycles. The Hall–Kier alpha value is -0.560. The zero-order chi connectivity index (χ0) is 11.3. The van der Waals surface area contributed by atoms with Crippen LogP contribution in [-0.2, 0) is 6.42 Å². The fraction of sp³-hybridized carbons (Fsp3) is 0.538. The van der Waals surface area contributed by atoms with E-state index in [2.05, 4.69) is 13.8 Å². The molecule has 15 heavy (non-hydrogen) atoms. The Morgan fingerprint density at radius 2 is 1.67 bits per heavy atom. The summed E-state index contributed by atoms with van der Waals surface area (Å²) in [5.74, 6) is 0.365. The molecule has 0 spiro atoms. The molecule has 0 saturated carbocycles. The van der Waals surface area contributed by atoms with Gasteiger partial charge in [-0.3, -0.25) is 0 Å². The molecule has 0 aliphatic rings. The first-order valence-electron chi connectivity index (χ1n) is 5.55. The highest BCUT2D eigenvalue weighted by Crippen LogP contribution is 2.22. The lowest BCUT2D eigenvalue weighted by atomic mass is 9.94. The summed E-state index contributed by atoms with van der Waals surface area (Å²) in [6, 6.07) is 6.61. The summed E-state index contributed by atoms with van der Waals surface area (Å²) in [4.78, 5) is 0. The third kappa shape index (κ3) is 3.83. The molecule has 0 saturated heterocycles. The zero-order valence-electron chi connectivity index (χ0n) is 9.34. The molecule has 0 fully saturated rings. The SMILES string of the molecule is CCC(CC)C(Cl)Cc1ccc(F)cc1. The fourth-order valence-corrected chi connectivity index (χ4v) is 2.35. The smallest absolute Gasteiger partial charge is 0.123 e. The number of benzene rings is 1. The number of alkyl halides is 1. The highest BCUT2D eigenvalue weighted by atomic mass is 35.5. The number of rotatable bonds is 5. The fourth-order valence-electron chi connectivity index (χ4n) is 1.81. The molecular formula is C13H18ClF. The third-order valence-corrected chi connectivity index (χ3v) is 3.41. The lowest BCUT2D eigenvalue weighted by Crippen LogP contribution is -2.16. The van der Waals surface area contributed by atoms with Gasteiger partial charge in [0.05, 0.1) is 0 Å². The molecule has 0 N–H and O–H groups in total. The largest absolute Gasteiger partial charge is 0.207 e. The van der Waals surface area contributed by atoms with E-state index in [0.717, 1.165) is 24.8 Å². The molecule has 1 aromatic rings. The van der Waals surface area contributed by atoms with Crippen LogP contribution in [0.5, 0.6) is 0 Å². The van der Waals surface area contributed by atoms with Crippen LogP contribution in [0, 0.1) is 11.7 Å². The van der Waals surface area contributed by atoms with Crippen molar-refractivity contribution in [1.29, 1.82) is 0 Å². The van der Waals surface area contributed by atoms with E-state index in [4.69, 9.17) is 11.6 Å². The van der Waals surface area contributed by atoms with Gasteiger partial charge in [-0.15, -0.1) is 11.6 Å². The van der Waals surface area contributed by atoms with E-state index in [1.54, 1.807) is 0 Å². The maximum Gasteiger partial charge on any atom is 0.123 e. The first kappa shape index (κ1) is 12.5. The summed E-state index contributed by atoms with van der Waals surface area (Å²) in [5, 5.41) is 0.158. The molecule has 1 atom stereocenters. The summed E-state index contributed by atoms with van der Waals surface area (Å²) in [5.41, 5.74) is 1.11. The van der Waals surface area contributed by atoms with Gasteiger partial charge in [-0.05, 0) is 30.0 Å². The van der Waals surface area contributed by atoms with E-state index in [0.29, 0.717) is 5.92 Å². The van der Waals surface area contributed by atoms with Crippen LogP contribution in [0.25, 0.3) is 0 Å². The van der Waals surface area contributed by atoms with Crippen molar-refractivity contribution in [2.45, 2.75) is 38.5 Å². The van der Waals surface area contributed by atoms with Gasteiger partial charge in [-0.1, -0.05) is 38.8 Å². The Labute approximate surface area is 96.5 Å². The van der Waals surface area contributed by atoms with Crippen LogP contribution < -0.4 is 0 Å². The van der Waals surface area contributed by atoms with Crippen molar-refractivity contribution >= 4 is 11.6 Å². The van der Waals surface area contributed by atoms with Crippen LogP contribution in [-0.4, -0.2) is 5.38 Å². The lowest BCUT2D eigenvalue weighted by molar-refractivity contribution is 0.463. The normalized spacial score (nSPS) is 13.1. The van der Waals surface area contributed by atoms with E-state index in [1.165, 1.54) is 12.1 Å². The maximum atomic E-state index is 12.7. The van der Waals surface area contributed by atoms with Crippen LogP contribution in [0.2, 0.25) is 0 Å². The second-order valence-corrected chi connectivity index (χ2v) is 4.48.